The highest BCUT2D eigenvalue weighted by Crippen LogP contribution is 1.98. The smallest absolute Gasteiger partial charge is 0.378 e. The first-order valence-corrected chi connectivity index (χ1v) is 5.79. The van der Waals surface area contributed by atoms with Crippen LogP contribution in [0, 0.1) is 0 Å². The number of methoxy groups -OCH3 is 1. The highest BCUT2D eigenvalue weighted by molar-refractivity contribution is 5.85. The number of ether oxygens (including phenoxy) is 3. The van der Waals surface area contributed by atoms with Gasteiger partial charge in [-0.1, -0.05) is 0 Å². The van der Waals surface area contributed by atoms with E-state index in [0.717, 1.165) is 0 Å². The molecule has 8 nitrogen and oxygen atoms in total. The molecule has 1 rings (SSSR count). The van der Waals surface area contributed by atoms with Gasteiger partial charge in [-0.2, -0.15) is 0 Å². The van der Waals surface area contributed by atoms with Crippen LogP contribution in [0.25, 0.3) is 0 Å². The number of rotatable bonds is 9. The van der Waals surface area contributed by atoms with Gasteiger partial charge in [-0.05, 0) is 23.8 Å². The minimum atomic E-state index is -0.511. The van der Waals surface area contributed by atoms with Gasteiger partial charge in [-0.25, -0.2) is 9.48 Å². The molecule has 0 saturated heterocycles. The van der Waals surface area contributed by atoms with E-state index in [1.54, 1.807) is 14.0 Å². The molecule has 18 heavy (non-hydrogen) atoms. The zero-order valence-electron chi connectivity index (χ0n) is 10.7. The van der Waals surface area contributed by atoms with Gasteiger partial charge in [0.05, 0.1) is 19.8 Å². The van der Waals surface area contributed by atoms with Gasteiger partial charge in [0.15, 0.2) is 0 Å². The van der Waals surface area contributed by atoms with E-state index in [2.05, 4.69) is 15.5 Å². The van der Waals surface area contributed by atoms with Gasteiger partial charge in [-0.15, -0.1) is 5.10 Å². The molecule has 1 aromatic heterocycles. The molecule has 1 aromatic rings. The van der Waals surface area contributed by atoms with Gasteiger partial charge in [0.1, 0.15) is 0 Å². The van der Waals surface area contributed by atoms with Crippen LogP contribution in [-0.2, 0) is 20.8 Å². The Morgan fingerprint density at radius 3 is 2.89 bits per heavy atom. The summed E-state index contributed by atoms with van der Waals surface area (Å²) in [5.41, 5.74) is 0. The summed E-state index contributed by atoms with van der Waals surface area (Å²) < 4.78 is 16.4. The highest BCUT2D eigenvalue weighted by Gasteiger charge is 2.15. The summed E-state index contributed by atoms with van der Waals surface area (Å²) in [6, 6.07) is 0. The summed E-state index contributed by atoms with van der Waals surface area (Å²) in [5.74, 6) is -0.392. The Morgan fingerprint density at radius 2 is 2.17 bits per heavy atom. The van der Waals surface area contributed by atoms with Gasteiger partial charge in [0.25, 0.3) is 5.82 Å². The Hall–Kier alpha value is -1.54. The average Bonchev–Trinajstić information content (AvgIpc) is 2.82. The van der Waals surface area contributed by atoms with Crippen LogP contribution < -0.4 is 0 Å². The first-order chi connectivity index (χ1) is 8.79. The monoisotopic (exact) mass is 258 g/mol. The maximum atomic E-state index is 11.5. The summed E-state index contributed by atoms with van der Waals surface area (Å²) in [5, 5.41) is 10.8. The van der Waals surface area contributed by atoms with Crippen LogP contribution in [0.3, 0.4) is 0 Å². The summed E-state index contributed by atoms with van der Waals surface area (Å²) >= 11 is 0. The van der Waals surface area contributed by atoms with Crippen molar-refractivity contribution in [2.75, 3.05) is 33.5 Å². The summed E-state index contributed by atoms with van der Waals surface area (Å²) in [6.45, 7) is 4.22. The molecule has 0 saturated carbocycles. The van der Waals surface area contributed by atoms with E-state index < -0.39 is 5.97 Å². The van der Waals surface area contributed by atoms with Gasteiger partial charge in [-0.3, -0.25) is 0 Å². The lowest BCUT2D eigenvalue weighted by atomic mass is 10.4. The zero-order valence-corrected chi connectivity index (χ0v) is 10.7. The molecular formula is C10H18N4O4. The fourth-order valence-electron chi connectivity index (χ4n) is 1.26. The molecular weight excluding hydrogens is 240 g/mol. The fourth-order valence-corrected chi connectivity index (χ4v) is 1.26. The van der Waals surface area contributed by atoms with Crippen molar-refractivity contribution in [3.05, 3.63) is 5.82 Å². The van der Waals surface area contributed by atoms with E-state index in [1.807, 2.05) is 0 Å². The number of tetrazole rings is 1. The lowest BCUT2D eigenvalue weighted by Crippen LogP contribution is -2.15. The molecule has 0 aliphatic rings. The van der Waals surface area contributed by atoms with E-state index in [9.17, 15) is 4.79 Å². The molecule has 0 N–H and O–H groups in total. The number of nitrogens with zero attached hydrogens (tertiary/aromatic N) is 4. The molecule has 8 heteroatoms. The van der Waals surface area contributed by atoms with Crippen molar-refractivity contribution >= 4 is 5.97 Å². The quantitative estimate of drug-likeness (QED) is 0.451. The molecule has 0 atom stereocenters. The van der Waals surface area contributed by atoms with Crippen LogP contribution >= 0.6 is 0 Å². The van der Waals surface area contributed by atoms with E-state index in [0.29, 0.717) is 39.4 Å². The summed E-state index contributed by atoms with van der Waals surface area (Å²) in [4.78, 5) is 11.5. The average molecular weight is 258 g/mol. The van der Waals surface area contributed by atoms with Crippen LogP contribution in [0.5, 0.6) is 0 Å². The zero-order chi connectivity index (χ0) is 13.2. The maximum Gasteiger partial charge on any atom is 0.378 e. The first-order valence-electron chi connectivity index (χ1n) is 5.79. The Morgan fingerprint density at radius 1 is 1.33 bits per heavy atom. The first kappa shape index (κ1) is 14.5. The van der Waals surface area contributed by atoms with E-state index in [-0.39, 0.29) is 5.82 Å². The van der Waals surface area contributed by atoms with Gasteiger partial charge in [0.2, 0.25) is 0 Å². The molecule has 102 valence electrons. The molecule has 1 heterocycles. The van der Waals surface area contributed by atoms with E-state index >= 15 is 0 Å². The molecule has 0 fully saturated rings. The predicted octanol–water partition coefficient (Wildman–Crippen LogP) is -0.0971. The van der Waals surface area contributed by atoms with Crippen LogP contribution in [0.15, 0.2) is 0 Å². The molecule has 0 spiro atoms. The van der Waals surface area contributed by atoms with Crippen molar-refractivity contribution in [3.8, 4) is 0 Å². The molecule has 0 unspecified atom stereocenters. The Bertz CT molecular complexity index is 355. The largest absolute Gasteiger partial charge is 0.460 e. The molecule has 0 bridgehead atoms. The van der Waals surface area contributed by atoms with Gasteiger partial charge < -0.3 is 14.2 Å². The normalized spacial score (nSPS) is 10.6. The van der Waals surface area contributed by atoms with Crippen LogP contribution in [-0.4, -0.2) is 59.7 Å². The minimum Gasteiger partial charge on any atom is -0.460 e. The molecule has 0 aromatic carbocycles. The fraction of sp³-hybridized carbons (Fsp3) is 0.800. The third kappa shape index (κ3) is 4.76. The number of hydrogen-bond donors (Lipinski definition) is 0. The van der Waals surface area contributed by atoms with Crippen LogP contribution in [0.1, 0.15) is 24.0 Å². The Labute approximate surface area is 105 Å². The predicted molar refractivity (Wildman–Crippen MR) is 61.1 cm³/mol. The molecule has 0 aliphatic carbocycles. The van der Waals surface area contributed by atoms with Crippen LogP contribution in [0.2, 0.25) is 0 Å². The van der Waals surface area contributed by atoms with Crippen molar-refractivity contribution in [2.45, 2.75) is 19.9 Å². The maximum absolute atomic E-state index is 11.5. The molecule has 0 radical (unpaired) electrons. The van der Waals surface area contributed by atoms with Crippen molar-refractivity contribution in [1.29, 1.82) is 0 Å². The van der Waals surface area contributed by atoms with Crippen molar-refractivity contribution in [2.24, 2.45) is 0 Å². The van der Waals surface area contributed by atoms with E-state index in [4.69, 9.17) is 14.2 Å². The number of esters is 1. The standard InChI is InChI=1S/C10H18N4O4/c1-3-18-10(15)9-11-12-13-14(9)5-4-6-17-8-7-16-2/h3-8H2,1-2H3. The summed E-state index contributed by atoms with van der Waals surface area (Å²) in [7, 11) is 1.62. The number of hydrogen-bond acceptors (Lipinski definition) is 7. The SMILES string of the molecule is CCOC(=O)c1nnnn1CCCOCCOC. The van der Waals surface area contributed by atoms with Crippen molar-refractivity contribution in [3.63, 3.8) is 0 Å². The second-order valence-corrected chi connectivity index (χ2v) is 3.40. The molecule has 0 amide bonds. The third-order valence-corrected chi connectivity index (χ3v) is 2.08. The van der Waals surface area contributed by atoms with Gasteiger partial charge in [0, 0.05) is 20.3 Å². The number of aromatic nitrogens is 4. The third-order valence-electron chi connectivity index (χ3n) is 2.08. The van der Waals surface area contributed by atoms with Crippen molar-refractivity contribution < 1.29 is 19.0 Å². The lowest BCUT2D eigenvalue weighted by molar-refractivity contribution is 0.0499. The van der Waals surface area contributed by atoms with Gasteiger partial charge >= 0.3 is 5.97 Å². The lowest BCUT2D eigenvalue weighted by Gasteiger charge is -2.05. The number of carbonyl (C=O) groups is 1. The molecule has 0 aliphatic heterocycles. The topological polar surface area (TPSA) is 88.4 Å². The van der Waals surface area contributed by atoms with E-state index in [1.165, 1.54) is 4.68 Å². The second-order valence-electron chi connectivity index (χ2n) is 3.40. The van der Waals surface area contributed by atoms with Crippen LogP contribution in [0.4, 0.5) is 0 Å². The highest BCUT2D eigenvalue weighted by atomic mass is 16.5. The number of aryl methyl sites for hydroxylation is 1. The summed E-state index contributed by atoms with van der Waals surface area (Å²) in [6.07, 6.45) is 0.709. The Kier molecular flexibility index (Phi) is 6.89. The minimum absolute atomic E-state index is 0.119. The van der Waals surface area contributed by atoms with Crippen molar-refractivity contribution in [1.82, 2.24) is 20.2 Å². The Balaban J connectivity index is 2.30. The second kappa shape index (κ2) is 8.54. The number of carbonyl (C=O) groups excluding carboxylic acids is 1.